The molecule has 0 radical (unpaired) electrons. The Bertz CT molecular complexity index is 1570. The number of aromatic nitrogens is 1. The summed E-state index contributed by atoms with van der Waals surface area (Å²) in [6, 6.07) is 0. The molecule has 1 aromatic rings. The second-order valence-electron chi connectivity index (χ2n) is 12.5. The second-order valence-corrected chi connectivity index (χ2v) is 12.5. The van der Waals surface area contributed by atoms with E-state index in [2.05, 4.69) is 10.3 Å². The van der Waals surface area contributed by atoms with Gasteiger partial charge in [-0.15, -0.1) is 0 Å². The maximum atomic E-state index is 5.34. The van der Waals surface area contributed by atoms with Gasteiger partial charge in [0, 0.05) is 33.4 Å². The van der Waals surface area contributed by atoms with E-state index in [0.717, 1.165) is 85.7 Å². The van der Waals surface area contributed by atoms with Crippen LogP contribution in [0.15, 0.2) is 63.4 Å². The van der Waals surface area contributed by atoms with E-state index in [1.165, 1.54) is 95.9 Å². The van der Waals surface area contributed by atoms with E-state index < -0.39 is 0 Å². The van der Waals surface area contributed by atoms with Crippen LogP contribution in [-0.4, -0.2) is 40.7 Å². The summed E-state index contributed by atoms with van der Waals surface area (Å²) in [5.74, 6) is 3.52. The molecule has 2 N–H and O–H groups in total. The van der Waals surface area contributed by atoms with Gasteiger partial charge in [0.15, 0.2) is 23.3 Å². The van der Waals surface area contributed by atoms with Crippen LogP contribution in [0.1, 0.15) is 101 Å². The van der Waals surface area contributed by atoms with Crippen molar-refractivity contribution in [1.82, 2.24) is 10.3 Å². The van der Waals surface area contributed by atoms with Gasteiger partial charge in [-0.1, -0.05) is 0 Å². The molecule has 0 saturated heterocycles. The Morgan fingerprint density at radius 1 is 0.425 bits per heavy atom. The van der Waals surface area contributed by atoms with Gasteiger partial charge in [0.2, 0.25) is 0 Å². The highest BCUT2D eigenvalue weighted by molar-refractivity contribution is 6.22. The Labute approximate surface area is 234 Å². The lowest BCUT2D eigenvalue weighted by Gasteiger charge is -2.17. The van der Waals surface area contributed by atoms with Gasteiger partial charge >= 0.3 is 0 Å². The number of nitrogens with zero attached hydrogens (tertiary/aromatic N) is 6. The third-order valence-electron chi connectivity index (χ3n) is 10.2. The summed E-state index contributed by atoms with van der Waals surface area (Å²) in [7, 11) is 0. The van der Waals surface area contributed by atoms with Crippen molar-refractivity contribution in [2.75, 3.05) is 0 Å². The van der Waals surface area contributed by atoms with E-state index in [9.17, 15) is 0 Å². The van der Waals surface area contributed by atoms with Crippen LogP contribution in [0.2, 0.25) is 0 Å². The van der Waals surface area contributed by atoms with Crippen molar-refractivity contribution < 1.29 is 0 Å². The van der Waals surface area contributed by atoms with Crippen molar-refractivity contribution in [3.8, 4) is 0 Å². The van der Waals surface area contributed by atoms with Gasteiger partial charge in [-0.2, -0.15) is 0 Å². The van der Waals surface area contributed by atoms with Crippen LogP contribution < -0.4 is 16.3 Å². The Balaban J connectivity index is 1.30. The standard InChI is InChI=1S/C32H36N8/c1-2-10-18-17(9-1)25-33-26(18)38-28-21-13-5-6-14-22(21)30(35-28)40-32-24-16-8-7-15-23(24)31(36-32)39-29-20-12-4-3-11-19(20)27(34-29)37-25/h25-26,33H,1-16H2,(H,34,35,36,37,38,39,40). The highest BCUT2D eigenvalue weighted by Crippen LogP contribution is 2.39. The van der Waals surface area contributed by atoms with Gasteiger partial charge < -0.3 is 4.98 Å². The molecule has 8 heteroatoms. The smallest absolute Gasteiger partial charge is 0.160 e. The molecule has 9 rings (SSSR count). The third-order valence-corrected chi connectivity index (χ3v) is 10.2. The summed E-state index contributed by atoms with van der Waals surface area (Å²) in [6.45, 7) is 0. The first kappa shape index (κ1) is 23.4. The fraction of sp³-hybridized carbons (Fsp3) is 0.562. The van der Waals surface area contributed by atoms with E-state index >= 15 is 0 Å². The van der Waals surface area contributed by atoms with Gasteiger partial charge in [-0.05, 0) is 114 Å². The molecule has 204 valence electrons. The van der Waals surface area contributed by atoms with Crippen molar-refractivity contribution in [2.45, 2.75) is 115 Å². The number of aliphatic imine (C=N–C) groups is 4. The SMILES string of the molecule is C1CCC2=C(C1)C1=N/C2=N\C2NC(/N=C3\N=C(N=c4[nH]c(c5c4CCCC5)=N1)C1=C3CCCC1)C1=C2CCCC1. The van der Waals surface area contributed by atoms with Crippen LogP contribution in [0.25, 0.3) is 0 Å². The summed E-state index contributed by atoms with van der Waals surface area (Å²) in [4.78, 5) is 35.1. The molecule has 4 aliphatic heterocycles. The van der Waals surface area contributed by atoms with Gasteiger partial charge in [0.05, 0.1) is 0 Å². The van der Waals surface area contributed by atoms with Gasteiger partial charge in [0.25, 0.3) is 0 Å². The van der Waals surface area contributed by atoms with Crippen LogP contribution in [0.5, 0.6) is 0 Å². The highest BCUT2D eigenvalue weighted by Gasteiger charge is 2.37. The molecule has 2 atom stereocenters. The molecule has 0 amide bonds. The van der Waals surface area contributed by atoms with Gasteiger partial charge in [0.1, 0.15) is 23.3 Å². The predicted molar refractivity (Wildman–Crippen MR) is 157 cm³/mol. The van der Waals surface area contributed by atoms with Crippen molar-refractivity contribution in [3.63, 3.8) is 0 Å². The highest BCUT2D eigenvalue weighted by atomic mass is 15.2. The molecule has 4 aliphatic carbocycles. The Hall–Kier alpha value is -3.26. The monoisotopic (exact) mass is 532 g/mol. The third kappa shape index (κ3) is 3.60. The minimum absolute atomic E-state index is 0.0643. The van der Waals surface area contributed by atoms with Crippen molar-refractivity contribution in [3.05, 3.63) is 55.5 Å². The normalized spacial score (nSPS) is 31.6. The van der Waals surface area contributed by atoms with E-state index in [1.807, 2.05) is 0 Å². The van der Waals surface area contributed by atoms with Crippen LogP contribution in [0.3, 0.4) is 0 Å². The van der Waals surface area contributed by atoms with Crippen LogP contribution in [0.4, 0.5) is 0 Å². The number of amidine groups is 4. The Morgan fingerprint density at radius 2 is 0.825 bits per heavy atom. The average molecular weight is 533 g/mol. The minimum atomic E-state index is -0.0643. The zero-order chi connectivity index (χ0) is 26.2. The van der Waals surface area contributed by atoms with Crippen LogP contribution >= 0.6 is 0 Å². The molecule has 1 aromatic heterocycles. The molecule has 0 saturated carbocycles. The molecule has 0 aromatic carbocycles. The Morgan fingerprint density at radius 3 is 1.30 bits per heavy atom. The fourth-order valence-corrected chi connectivity index (χ4v) is 8.16. The summed E-state index contributed by atoms with van der Waals surface area (Å²) < 4.78 is 0. The van der Waals surface area contributed by atoms with Crippen molar-refractivity contribution >= 4 is 23.3 Å². The molecule has 8 aliphatic rings. The zero-order valence-electron chi connectivity index (χ0n) is 23.2. The zero-order valence-corrected chi connectivity index (χ0v) is 23.2. The number of hydrogen-bond donors (Lipinski definition) is 2. The average Bonchev–Trinajstić information content (AvgIpc) is 3.73. The topological polar surface area (TPSA) is 102 Å². The van der Waals surface area contributed by atoms with E-state index in [-0.39, 0.29) is 12.3 Å². The maximum Gasteiger partial charge on any atom is 0.160 e. The molecule has 2 unspecified atom stereocenters. The largest absolute Gasteiger partial charge is 0.324 e. The van der Waals surface area contributed by atoms with Gasteiger partial charge in [-0.25, -0.2) is 30.0 Å². The van der Waals surface area contributed by atoms with E-state index in [4.69, 9.17) is 30.0 Å². The first-order valence-corrected chi connectivity index (χ1v) is 15.7. The summed E-state index contributed by atoms with van der Waals surface area (Å²) in [5.41, 5.74) is 12.6. The lowest BCUT2D eigenvalue weighted by molar-refractivity contribution is 0.569. The number of fused-ring (bicyclic) bond motifs is 15. The van der Waals surface area contributed by atoms with E-state index in [1.54, 1.807) is 0 Å². The molecule has 5 heterocycles. The first-order valence-electron chi connectivity index (χ1n) is 15.7. The predicted octanol–water partition coefficient (Wildman–Crippen LogP) is 4.63. The number of rotatable bonds is 0. The molecular weight excluding hydrogens is 496 g/mol. The van der Waals surface area contributed by atoms with Crippen molar-refractivity contribution in [2.24, 2.45) is 30.0 Å². The number of hydrogen-bond acceptors (Lipinski definition) is 7. The minimum Gasteiger partial charge on any atom is -0.324 e. The molecule has 8 bridgehead atoms. The lowest BCUT2D eigenvalue weighted by atomic mass is 9.90. The maximum absolute atomic E-state index is 5.34. The molecule has 0 spiro atoms. The van der Waals surface area contributed by atoms with Gasteiger partial charge in [-0.3, -0.25) is 5.32 Å². The van der Waals surface area contributed by atoms with Crippen LogP contribution in [0, 0.1) is 0 Å². The fourth-order valence-electron chi connectivity index (χ4n) is 8.16. The second kappa shape index (κ2) is 9.13. The number of aromatic amines is 1. The first-order chi connectivity index (χ1) is 19.8. The van der Waals surface area contributed by atoms with E-state index in [0.29, 0.717) is 0 Å². The molecule has 40 heavy (non-hydrogen) atoms. The lowest BCUT2D eigenvalue weighted by Crippen LogP contribution is -2.31. The van der Waals surface area contributed by atoms with Crippen molar-refractivity contribution in [1.29, 1.82) is 0 Å². The quantitative estimate of drug-likeness (QED) is 0.468. The summed E-state index contributed by atoms with van der Waals surface area (Å²) in [5, 5.41) is 3.82. The summed E-state index contributed by atoms with van der Waals surface area (Å²) >= 11 is 0. The Kier molecular flexibility index (Phi) is 5.35. The summed E-state index contributed by atoms with van der Waals surface area (Å²) in [6.07, 6.45) is 17.9. The molecule has 0 fully saturated rings. The molecule has 8 nitrogen and oxygen atoms in total. The molecular formula is C32H36N8. The van der Waals surface area contributed by atoms with Crippen LogP contribution in [-0.2, 0) is 12.8 Å². The number of nitrogens with one attached hydrogen (secondary N) is 2. The number of H-pyrrole nitrogens is 1.